The number of hydrogen-bond donors (Lipinski definition) is 1. The fourth-order valence-corrected chi connectivity index (χ4v) is 2.66. The minimum atomic E-state index is -0.895. The van der Waals surface area contributed by atoms with E-state index in [9.17, 15) is 14.4 Å². The smallest absolute Gasteiger partial charge is 0.337 e. The zero-order chi connectivity index (χ0) is 18.9. The van der Waals surface area contributed by atoms with E-state index in [4.69, 9.17) is 4.74 Å². The van der Waals surface area contributed by atoms with Crippen molar-refractivity contribution in [2.75, 3.05) is 7.11 Å². The number of methoxy groups -OCH3 is 1. The van der Waals surface area contributed by atoms with Gasteiger partial charge in [0.1, 0.15) is 0 Å². The largest absolute Gasteiger partial charge is 0.465 e. The van der Waals surface area contributed by atoms with Gasteiger partial charge in [0.05, 0.1) is 19.2 Å². The summed E-state index contributed by atoms with van der Waals surface area (Å²) in [5, 5.41) is 4.64. The van der Waals surface area contributed by atoms with Crippen LogP contribution in [0, 0.1) is 0 Å². The minimum absolute atomic E-state index is 0.359. The molecule has 1 aromatic heterocycles. The highest BCUT2D eigenvalue weighted by Gasteiger charge is 2.16. The molecule has 0 aliphatic rings. The molecule has 1 atom stereocenters. The Balaban J connectivity index is 1.81. The third kappa shape index (κ3) is 5.86. The molecule has 1 aromatic carbocycles. The molecule has 0 unspecified atom stereocenters. The van der Waals surface area contributed by atoms with Crippen molar-refractivity contribution < 1.29 is 23.9 Å². The number of carbonyl (C=O) groups is 3. The van der Waals surface area contributed by atoms with Crippen molar-refractivity contribution in [3.63, 3.8) is 0 Å². The van der Waals surface area contributed by atoms with Crippen LogP contribution in [0.3, 0.4) is 0 Å². The molecule has 1 N–H and O–H groups in total. The number of esters is 2. The lowest BCUT2D eigenvalue weighted by atomic mass is 10.1. The van der Waals surface area contributed by atoms with Crippen LogP contribution in [0.2, 0.25) is 0 Å². The SMILES string of the molecule is COC(=O)c1ccc(/C=C/C(=O)O[C@@H](C)C(=O)NCc2cccs2)cc1. The average Bonchev–Trinajstić information content (AvgIpc) is 3.17. The zero-order valence-electron chi connectivity index (χ0n) is 14.4. The van der Waals surface area contributed by atoms with Gasteiger partial charge in [-0.25, -0.2) is 9.59 Å². The molecule has 0 aliphatic carbocycles. The highest BCUT2D eigenvalue weighted by molar-refractivity contribution is 7.09. The summed E-state index contributed by atoms with van der Waals surface area (Å²) in [6, 6.07) is 10.4. The second-order valence-electron chi connectivity index (χ2n) is 5.32. The lowest BCUT2D eigenvalue weighted by molar-refractivity contribution is -0.150. The van der Waals surface area contributed by atoms with Crippen molar-refractivity contribution in [1.82, 2.24) is 5.32 Å². The first kappa shape index (κ1) is 19.4. The molecular formula is C19H19NO5S. The summed E-state index contributed by atoms with van der Waals surface area (Å²) < 4.78 is 9.69. The van der Waals surface area contributed by atoms with Gasteiger partial charge in [-0.1, -0.05) is 18.2 Å². The summed E-state index contributed by atoms with van der Waals surface area (Å²) >= 11 is 1.54. The maximum atomic E-state index is 11.9. The number of thiophene rings is 1. The topological polar surface area (TPSA) is 81.7 Å². The number of rotatable bonds is 7. The monoisotopic (exact) mass is 373 g/mol. The molecule has 0 radical (unpaired) electrons. The van der Waals surface area contributed by atoms with Crippen molar-refractivity contribution in [1.29, 1.82) is 0 Å². The number of carbonyl (C=O) groups excluding carboxylic acids is 3. The lowest BCUT2D eigenvalue weighted by Crippen LogP contribution is -2.34. The van der Waals surface area contributed by atoms with E-state index in [0.717, 1.165) is 4.88 Å². The van der Waals surface area contributed by atoms with Crippen molar-refractivity contribution in [2.45, 2.75) is 19.6 Å². The Labute approximate surface area is 155 Å². The van der Waals surface area contributed by atoms with E-state index < -0.39 is 18.0 Å². The number of nitrogens with one attached hydrogen (secondary N) is 1. The molecule has 2 rings (SSSR count). The molecule has 6 nitrogen and oxygen atoms in total. The van der Waals surface area contributed by atoms with E-state index in [1.165, 1.54) is 31.4 Å². The molecule has 1 heterocycles. The molecule has 26 heavy (non-hydrogen) atoms. The Hall–Kier alpha value is -2.93. The van der Waals surface area contributed by atoms with Crippen molar-refractivity contribution in [3.05, 3.63) is 63.9 Å². The van der Waals surface area contributed by atoms with Gasteiger partial charge in [-0.05, 0) is 42.1 Å². The van der Waals surface area contributed by atoms with Crippen molar-refractivity contribution in [2.24, 2.45) is 0 Å². The summed E-state index contributed by atoms with van der Waals surface area (Å²) in [5.74, 6) is -1.41. The fraction of sp³-hybridized carbons (Fsp3) is 0.211. The van der Waals surface area contributed by atoms with Gasteiger partial charge >= 0.3 is 11.9 Å². The van der Waals surface area contributed by atoms with Crippen LogP contribution in [0.15, 0.2) is 47.9 Å². The Morgan fingerprint density at radius 2 is 1.92 bits per heavy atom. The second-order valence-corrected chi connectivity index (χ2v) is 6.36. The third-order valence-corrected chi connectivity index (χ3v) is 4.30. The van der Waals surface area contributed by atoms with Crippen molar-refractivity contribution in [3.8, 4) is 0 Å². The molecule has 0 saturated carbocycles. The van der Waals surface area contributed by atoms with E-state index in [0.29, 0.717) is 17.7 Å². The van der Waals surface area contributed by atoms with Gasteiger partial charge in [-0.3, -0.25) is 4.79 Å². The summed E-state index contributed by atoms with van der Waals surface area (Å²) in [7, 11) is 1.31. The van der Waals surface area contributed by atoms with Crippen LogP contribution in [0.5, 0.6) is 0 Å². The maximum absolute atomic E-state index is 11.9. The molecule has 0 bridgehead atoms. The Morgan fingerprint density at radius 1 is 1.19 bits per heavy atom. The predicted octanol–water partition coefficient (Wildman–Crippen LogP) is 2.80. The van der Waals surface area contributed by atoms with E-state index in [1.807, 2.05) is 17.5 Å². The molecule has 0 spiro atoms. The maximum Gasteiger partial charge on any atom is 0.337 e. The molecule has 0 saturated heterocycles. The van der Waals surface area contributed by atoms with E-state index in [1.54, 1.807) is 30.3 Å². The predicted molar refractivity (Wildman–Crippen MR) is 98.5 cm³/mol. The Kier molecular flexibility index (Phi) is 7.11. The van der Waals surface area contributed by atoms with E-state index >= 15 is 0 Å². The van der Waals surface area contributed by atoms with Gasteiger partial charge in [0.15, 0.2) is 6.10 Å². The number of amides is 1. The van der Waals surface area contributed by atoms with Gasteiger partial charge < -0.3 is 14.8 Å². The van der Waals surface area contributed by atoms with Crippen LogP contribution in [-0.4, -0.2) is 31.1 Å². The van der Waals surface area contributed by atoms with Crippen LogP contribution in [-0.2, 0) is 25.6 Å². The first-order valence-corrected chi connectivity index (χ1v) is 8.74. The molecule has 2 aromatic rings. The molecule has 0 fully saturated rings. The lowest BCUT2D eigenvalue weighted by Gasteiger charge is -2.11. The zero-order valence-corrected chi connectivity index (χ0v) is 15.2. The van der Waals surface area contributed by atoms with Crippen LogP contribution < -0.4 is 5.32 Å². The average molecular weight is 373 g/mol. The van der Waals surface area contributed by atoms with Gasteiger partial charge in [-0.2, -0.15) is 0 Å². The van der Waals surface area contributed by atoms with Crippen molar-refractivity contribution >= 4 is 35.3 Å². The first-order chi connectivity index (χ1) is 12.5. The van der Waals surface area contributed by atoms with Crippen LogP contribution in [0.4, 0.5) is 0 Å². The van der Waals surface area contributed by atoms with Crippen LogP contribution in [0.25, 0.3) is 6.08 Å². The third-order valence-electron chi connectivity index (χ3n) is 3.42. The molecule has 7 heteroatoms. The summed E-state index contributed by atoms with van der Waals surface area (Å²) in [6.07, 6.45) is 1.88. The van der Waals surface area contributed by atoms with Crippen LogP contribution >= 0.6 is 11.3 Å². The van der Waals surface area contributed by atoms with Crippen LogP contribution in [0.1, 0.15) is 27.7 Å². The number of benzene rings is 1. The number of ether oxygens (including phenoxy) is 2. The molecule has 1 amide bonds. The van der Waals surface area contributed by atoms with Gasteiger partial charge in [0, 0.05) is 11.0 Å². The van der Waals surface area contributed by atoms with Gasteiger partial charge in [-0.15, -0.1) is 11.3 Å². The minimum Gasteiger partial charge on any atom is -0.465 e. The Bertz CT molecular complexity index is 781. The molecule has 0 aliphatic heterocycles. The highest BCUT2D eigenvalue weighted by atomic mass is 32.1. The summed E-state index contributed by atoms with van der Waals surface area (Å²) in [5.41, 5.74) is 1.13. The standard InChI is InChI=1S/C19H19NO5S/c1-13(18(22)20-12-16-4-3-11-26-16)25-17(21)10-7-14-5-8-15(9-6-14)19(23)24-2/h3-11,13H,12H2,1-2H3,(H,20,22)/b10-7+/t13-/m0/s1. The summed E-state index contributed by atoms with van der Waals surface area (Å²) in [4.78, 5) is 36.1. The highest BCUT2D eigenvalue weighted by Crippen LogP contribution is 2.09. The van der Waals surface area contributed by atoms with E-state index in [-0.39, 0.29) is 5.91 Å². The number of hydrogen-bond acceptors (Lipinski definition) is 6. The molecular weight excluding hydrogens is 354 g/mol. The van der Waals surface area contributed by atoms with Gasteiger partial charge in [0.25, 0.3) is 5.91 Å². The fourth-order valence-electron chi connectivity index (χ4n) is 2.01. The summed E-state index contributed by atoms with van der Waals surface area (Å²) in [6.45, 7) is 1.92. The normalized spacial score (nSPS) is 11.8. The second kappa shape index (κ2) is 9.53. The van der Waals surface area contributed by atoms with Gasteiger partial charge in [0.2, 0.25) is 0 Å². The Morgan fingerprint density at radius 3 is 2.54 bits per heavy atom. The quantitative estimate of drug-likeness (QED) is 0.596. The first-order valence-electron chi connectivity index (χ1n) is 7.86. The van der Waals surface area contributed by atoms with E-state index in [2.05, 4.69) is 10.1 Å². The molecule has 136 valence electrons.